The average Bonchev–Trinajstić information content (AvgIpc) is 2.37. The Hall–Kier alpha value is -1.77. The van der Waals surface area contributed by atoms with E-state index in [1.54, 1.807) is 6.08 Å². The van der Waals surface area contributed by atoms with E-state index in [0.29, 0.717) is 0 Å². The van der Waals surface area contributed by atoms with Gasteiger partial charge in [0.1, 0.15) is 0 Å². The number of hydrogen-bond donors (Lipinski definition) is 1. The molecule has 1 amide bonds. The Morgan fingerprint density at radius 1 is 1.28 bits per heavy atom. The van der Waals surface area contributed by atoms with Crippen molar-refractivity contribution in [1.82, 2.24) is 5.32 Å². The van der Waals surface area contributed by atoms with E-state index in [1.807, 2.05) is 49.3 Å². The summed E-state index contributed by atoms with van der Waals surface area (Å²) in [5.74, 6) is -0.0277. The van der Waals surface area contributed by atoms with Crippen LogP contribution < -0.4 is 10.2 Å². The van der Waals surface area contributed by atoms with Crippen LogP contribution in [0.25, 0.3) is 6.08 Å². The molecule has 1 aromatic carbocycles. The quantitative estimate of drug-likeness (QED) is 0.618. The van der Waals surface area contributed by atoms with Gasteiger partial charge in [-0.1, -0.05) is 25.5 Å². The predicted molar refractivity (Wildman–Crippen MR) is 77.7 cm³/mol. The van der Waals surface area contributed by atoms with E-state index < -0.39 is 0 Å². The SMILES string of the molecule is CCCCNC(=O)C=Cc1ccc(N(C)C)cc1. The van der Waals surface area contributed by atoms with Crippen molar-refractivity contribution >= 4 is 17.7 Å². The van der Waals surface area contributed by atoms with Gasteiger partial charge in [-0.2, -0.15) is 0 Å². The Balaban J connectivity index is 2.48. The van der Waals surface area contributed by atoms with Gasteiger partial charge in [-0.25, -0.2) is 0 Å². The number of nitrogens with zero attached hydrogens (tertiary/aromatic N) is 1. The fourth-order valence-electron chi connectivity index (χ4n) is 1.50. The van der Waals surface area contributed by atoms with Crippen LogP contribution in [0.15, 0.2) is 30.3 Å². The fraction of sp³-hybridized carbons (Fsp3) is 0.400. The number of unbranched alkanes of at least 4 members (excludes halogenated alkanes) is 1. The molecular formula is C15H22N2O. The molecule has 1 rings (SSSR count). The molecule has 3 heteroatoms. The smallest absolute Gasteiger partial charge is 0.243 e. The predicted octanol–water partition coefficient (Wildman–Crippen LogP) is 2.68. The van der Waals surface area contributed by atoms with Gasteiger partial charge in [0.05, 0.1) is 0 Å². The second-order valence-corrected chi connectivity index (χ2v) is 4.46. The maximum Gasteiger partial charge on any atom is 0.243 e. The lowest BCUT2D eigenvalue weighted by Crippen LogP contribution is -2.21. The van der Waals surface area contributed by atoms with E-state index in [4.69, 9.17) is 0 Å². The molecule has 0 aliphatic heterocycles. The zero-order chi connectivity index (χ0) is 13.4. The van der Waals surface area contributed by atoms with Gasteiger partial charge in [-0.15, -0.1) is 0 Å². The van der Waals surface area contributed by atoms with E-state index in [2.05, 4.69) is 12.2 Å². The average molecular weight is 246 g/mol. The Morgan fingerprint density at radius 3 is 2.50 bits per heavy atom. The molecule has 0 aromatic heterocycles. The van der Waals surface area contributed by atoms with Crippen LogP contribution in [0.2, 0.25) is 0 Å². The van der Waals surface area contributed by atoms with Crippen LogP contribution in [0, 0.1) is 0 Å². The lowest BCUT2D eigenvalue weighted by molar-refractivity contribution is -0.116. The van der Waals surface area contributed by atoms with Crippen LogP contribution >= 0.6 is 0 Å². The second kappa shape index (κ2) is 7.54. The highest BCUT2D eigenvalue weighted by Gasteiger charge is 1.95. The highest BCUT2D eigenvalue weighted by molar-refractivity contribution is 5.91. The van der Waals surface area contributed by atoms with Crippen molar-refractivity contribution < 1.29 is 4.79 Å². The van der Waals surface area contributed by atoms with Crippen LogP contribution in [-0.4, -0.2) is 26.5 Å². The number of benzene rings is 1. The van der Waals surface area contributed by atoms with Crippen molar-refractivity contribution in [3.63, 3.8) is 0 Å². The number of hydrogen-bond acceptors (Lipinski definition) is 2. The van der Waals surface area contributed by atoms with Gasteiger partial charge in [0.25, 0.3) is 0 Å². The summed E-state index contributed by atoms with van der Waals surface area (Å²) in [5.41, 5.74) is 2.19. The molecule has 0 heterocycles. The molecule has 18 heavy (non-hydrogen) atoms. The molecule has 0 aliphatic carbocycles. The van der Waals surface area contributed by atoms with Gasteiger partial charge in [-0.3, -0.25) is 4.79 Å². The van der Waals surface area contributed by atoms with Crippen molar-refractivity contribution in [2.45, 2.75) is 19.8 Å². The summed E-state index contributed by atoms with van der Waals surface area (Å²) < 4.78 is 0. The maximum atomic E-state index is 11.5. The zero-order valence-electron chi connectivity index (χ0n) is 11.4. The molecular weight excluding hydrogens is 224 g/mol. The number of anilines is 1. The fourth-order valence-corrected chi connectivity index (χ4v) is 1.50. The molecule has 0 aliphatic rings. The summed E-state index contributed by atoms with van der Waals surface area (Å²) >= 11 is 0. The number of amides is 1. The number of carbonyl (C=O) groups is 1. The van der Waals surface area contributed by atoms with Crippen molar-refractivity contribution in [2.75, 3.05) is 25.5 Å². The van der Waals surface area contributed by atoms with Crippen LogP contribution in [0.5, 0.6) is 0 Å². The molecule has 0 unspecified atom stereocenters. The summed E-state index contributed by atoms with van der Waals surface area (Å²) in [7, 11) is 4.01. The lowest BCUT2D eigenvalue weighted by atomic mass is 10.2. The van der Waals surface area contributed by atoms with Gasteiger partial charge in [-0.05, 0) is 30.2 Å². The summed E-state index contributed by atoms with van der Waals surface area (Å²) in [6, 6.07) is 8.08. The molecule has 98 valence electrons. The second-order valence-electron chi connectivity index (χ2n) is 4.46. The molecule has 0 radical (unpaired) electrons. The van der Waals surface area contributed by atoms with Gasteiger partial charge >= 0.3 is 0 Å². The Morgan fingerprint density at radius 2 is 1.94 bits per heavy atom. The van der Waals surface area contributed by atoms with E-state index in [9.17, 15) is 4.79 Å². The van der Waals surface area contributed by atoms with Gasteiger partial charge < -0.3 is 10.2 Å². The third kappa shape index (κ3) is 5.04. The van der Waals surface area contributed by atoms with E-state index >= 15 is 0 Å². The maximum absolute atomic E-state index is 11.5. The Labute approximate surface area is 109 Å². The molecule has 0 atom stereocenters. The molecule has 0 saturated heterocycles. The summed E-state index contributed by atoms with van der Waals surface area (Å²) in [6.45, 7) is 2.85. The monoisotopic (exact) mass is 246 g/mol. The molecule has 1 aromatic rings. The highest BCUT2D eigenvalue weighted by atomic mass is 16.1. The van der Waals surface area contributed by atoms with Crippen LogP contribution in [0.1, 0.15) is 25.3 Å². The molecule has 0 spiro atoms. The number of nitrogens with one attached hydrogen (secondary N) is 1. The van der Waals surface area contributed by atoms with E-state index in [1.165, 1.54) is 0 Å². The third-order valence-corrected chi connectivity index (χ3v) is 2.67. The molecule has 1 N–H and O–H groups in total. The minimum absolute atomic E-state index is 0.0277. The minimum Gasteiger partial charge on any atom is -0.378 e. The van der Waals surface area contributed by atoms with Crippen LogP contribution in [0.3, 0.4) is 0 Å². The molecule has 0 bridgehead atoms. The summed E-state index contributed by atoms with van der Waals surface area (Å²) in [4.78, 5) is 13.5. The lowest BCUT2D eigenvalue weighted by Gasteiger charge is -2.11. The largest absolute Gasteiger partial charge is 0.378 e. The standard InChI is InChI=1S/C15H22N2O/c1-4-5-12-16-15(18)11-8-13-6-9-14(10-7-13)17(2)3/h6-11H,4-5,12H2,1-3H3,(H,16,18). The molecule has 0 saturated carbocycles. The first kappa shape index (κ1) is 14.3. The summed E-state index contributed by atoms with van der Waals surface area (Å²) in [6.07, 6.45) is 5.54. The van der Waals surface area contributed by atoms with Crippen molar-refractivity contribution in [2.24, 2.45) is 0 Å². The van der Waals surface area contributed by atoms with Gasteiger partial charge in [0.2, 0.25) is 5.91 Å². The first-order valence-corrected chi connectivity index (χ1v) is 6.36. The number of carbonyl (C=O) groups excluding carboxylic acids is 1. The van der Waals surface area contributed by atoms with Crippen molar-refractivity contribution in [1.29, 1.82) is 0 Å². The van der Waals surface area contributed by atoms with E-state index in [-0.39, 0.29) is 5.91 Å². The topological polar surface area (TPSA) is 32.3 Å². The van der Waals surface area contributed by atoms with Crippen molar-refractivity contribution in [3.05, 3.63) is 35.9 Å². The first-order chi connectivity index (χ1) is 8.63. The van der Waals surface area contributed by atoms with Crippen LogP contribution in [0.4, 0.5) is 5.69 Å². The van der Waals surface area contributed by atoms with Crippen LogP contribution in [-0.2, 0) is 4.79 Å². The summed E-state index contributed by atoms with van der Waals surface area (Å²) in [5, 5.41) is 2.85. The Kier molecular flexibility index (Phi) is 5.98. The Bertz CT molecular complexity index is 393. The molecule has 0 fully saturated rings. The van der Waals surface area contributed by atoms with Gasteiger partial charge in [0.15, 0.2) is 0 Å². The highest BCUT2D eigenvalue weighted by Crippen LogP contribution is 2.12. The normalized spacial score (nSPS) is 10.6. The van der Waals surface area contributed by atoms with Gasteiger partial charge in [0, 0.05) is 32.4 Å². The first-order valence-electron chi connectivity index (χ1n) is 6.36. The van der Waals surface area contributed by atoms with E-state index in [0.717, 1.165) is 30.6 Å². The zero-order valence-corrected chi connectivity index (χ0v) is 11.4. The molecule has 3 nitrogen and oxygen atoms in total. The minimum atomic E-state index is -0.0277. The van der Waals surface area contributed by atoms with Crippen molar-refractivity contribution in [3.8, 4) is 0 Å². The third-order valence-electron chi connectivity index (χ3n) is 2.67. The number of rotatable bonds is 6.